The van der Waals surface area contributed by atoms with Crippen LogP contribution in [0.2, 0.25) is 0 Å². The van der Waals surface area contributed by atoms with Gasteiger partial charge in [0, 0.05) is 0 Å². The molecule has 1 aromatic heterocycles. The van der Waals surface area contributed by atoms with Gasteiger partial charge in [0.25, 0.3) is 0 Å². The second-order valence-corrected chi connectivity index (χ2v) is 4.72. The van der Waals surface area contributed by atoms with Gasteiger partial charge in [-0.2, -0.15) is 10.2 Å². The van der Waals surface area contributed by atoms with Gasteiger partial charge >= 0.3 is 0 Å². The highest BCUT2D eigenvalue weighted by atomic mass is 16.5. The number of nitrogens with two attached hydrogens (primary N) is 1. The van der Waals surface area contributed by atoms with Crippen molar-refractivity contribution in [1.29, 1.82) is 5.41 Å². The summed E-state index contributed by atoms with van der Waals surface area (Å²) >= 11 is 0. The largest absolute Gasteiger partial charge is 0.396 e. The molecule has 6 nitrogen and oxygen atoms in total. The molecule has 1 saturated carbocycles. The van der Waals surface area contributed by atoms with E-state index in [1.807, 2.05) is 18.2 Å². The molecule has 98 valence electrons. The Labute approximate surface area is 110 Å². The Morgan fingerprint density at radius 2 is 2.26 bits per heavy atom. The SMILES string of the molecule is N=C(N(O)c1cccc(C2CC2)c1)n1cc(N)cn1. The van der Waals surface area contributed by atoms with E-state index in [9.17, 15) is 5.21 Å². The smallest absolute Gasteiger partial charge is 0.248 e. The number of nitrogens with one attached hydrogen (secondary N) is 1. The van der Waals surface area contributed by atoms with Crippen LogP contribution in [-0.2, 0) is 0 Å². The average Bonchev–Trinajstić information content (AvgIpc) is 3.19. The predicted molar refractivity (Wildman–Crippen MR) is 72.4 cm³/mol. The van der Waals surface area contributed by atoms with Crippen molar-refractivity contribution in [3.8, 4) is 0 Å². The average molecular weight is 257 g/mol. The van der Waals surface area contributed by atoms with E-state index in [2.05, 4.69) is 5.10 Å². The molecule has 1 aromatic carbocycles. The summed E-state index contributed by atoms with van der Waals surface area (Å²) in [5.74, 6) is 0.438. The minimum atomic E-state index is -0.162. The lowest BCUT2D eigenvalue weighted by atomic mass is 10.1. The van der Waals surface area contributed by atoms with Gasteiger partial charge < -0.3 is 5.73 Å². The van der Waals surface area contributed by atoms with Crippen LogP contribution < -0.4 is 10.8 Å². The number of benzene rings is 1. The third-order valence-electron chi connectivity index (χ3n) is 3.18. The summed E-state index contributed by atoms with van der Waals surface area (Å²) in [5, 5.41) is 22.7. The van der Waals surface area contributed by atoms with Crippen LogP contribution in [0.25, 0.3) is 0 Å². The van der Waals surface area contributed by atoms with E-state index in [4.69, 9.17) is 11.1 Å². The van der Waals surface area contributed by atoms with Crippen molar-refractivity contribution in [2.24, 2.45) is 0 Å². The van der Waals surface area contributed by atoms with Crippen LogP contribution in [0.1, 0.15) is 24.3 Å². The van der Waals surface area contributed by atoms with Crippen LogP contribution in [0, 0.1) is 5.41 Å². The summed E-state index contributed by atoms with van der Waals surface area (Å²) < 4.78 is 1.22. The highest BCUT2D eigenvalue weighted by molar-refractivity contribution is 5.92. The van der Waals surface area contributed by atoms with Crippen molar-refractivity contribution in [3.05, 3.63) is 42.2 Å². The number of anilines is 2. The lowest BCUT2D eigenvalue weighted by molar-refractivity contribution is 0.306. The summed E-state index contributed by atoms with van der Waals surface area (Å²) in [5.41, 5.74) is 7.75. The minimum Gasteiger partial charge on any atom is -0.396 e. The monoisotopic (exact) mass is 257 g/mol. The molecule has 19 heavy (non-hydrogen) atoms. The Kier molecular flexibility index (Phi) is 2.72. The molecule has 0 spiro atoms. The van der Waals surface area contributed by atoms with Crippen LogP contribution in [-0.4, -0.2) is 20.9 Å². The Balaban J connectivity index is 1.84. The molecule has 0 aliphatic heterocycles. The lowest BCUT2D eigenvalue weighted by Gasteiger charge is -2.17. The molecular weight excluding hydrogens is 242 g/mol. The first-order valence-electron chi connectivity index (χ1n) is 6.13. The molecule has 0 amide bonds. The van der Waals surface area contributed by atoms with Gasteiger partial charge in [0.1, 0.15) is 0 Å². The summed E-state index contributed by atoms with van der Waals surface area (Å²) in [7, 11) is 0. The molecule has 0 atom stereocenters. The van der Waals surface area contributed by atoms with E-state index in [0.29, 0.717) is 17.3 Å². The van der Waals surface area contributed by atoms with Gasteiger partial charge in [-0.15, -0.1) is 0 Å². The second kappa shape index (κ2) is 4.40. The first-order valence-corrected chi connectivity index (χ1v) is 6.13. The fourth-order valence-corrected chi connectivity index (χ4v) is 2.00. The van der Waals surface area contributed by atoms with Gasteiger partial charge in [-0.1, -0.05) is 12.1 Å². The maximum Gasteiger partial charge on any atom is 0.248 e. The maximum atomic E-state index is 10.1. The third-order valence-corrected chi connectivity index (χ3v) is 3.18. The zero-order valence-corrected chi connectivity index (χ0v) is 10.3. The molecule has 1 heterocycles. The molecule has 6 heteroatoms. The van der Waals surface area contributed by atoms with Crippen molar-refractivity contribution in [2.45, 2.75) is 18.8 Å². The lowest BCUT2D eigenvalue weighted by Crippen LogP contribution is -2.32. The Morgan fingerprint density at radius 3 is 2.89 bits per heavy atom. The summed E-state index contributed by atoms with van der Waals surface area (Å²) in [6.45, 7) is 0. The maximum absolute atomic E-state index is 10.1. The number of nitrogens with zero attached hydrogens (tertiary/aromatic N) is 3. The molecule has 1 fully saturated rings. The Bertz CT molecular complexity index is 617. The molecule has 1 aliphatic carbocycles. The first kappa shape index (κ1) is 11.7. The number of hydrogen-bond donors (Lipinski definition) is 3. The van der Waals surface area contributed by atoms with Gasteiger partial charge in [-0.25, -0.2) is 4.68 Å². The Morgan fingerprint density at radius 1 is 1.47 bits per heavy atom. The van der Waals surface area contributed by atoms with Gasteiger partial charge in [0.05, 0.1) is 23.8 Å². The number of hydroxylamine groups is 1. The van der Waals surface area contributed by atoms with Gasteiger partial charge in [-0.3, -0.25) is 10.6 Å². The fraction of sp³-hybridized carbons (Fsp3) is 0.231. The molecule has 1 aliphatic rings. The van der Waals surface area contributed by atoms with Crippen molar-refractivity contribution < 1.29 is 5.21 Å². The van der Waals surface area contributed by atoms with E-state index in [-0.39, 0.29) is 5.96 Å². The van der Waals surface area contributed by atoms with Crippen molar-refractivity contribution >= 4 is 17.3 Å². The number of hydrogen-bond acceptors (Lipinski definition) is 4. The van der Waals surface area contributed by atoms with Crippen molar-refractivity contribution in [1.82, 2.24) is 9.78 Å². The molecule has 0 unspecified atom stereocenters. The van der Waals surface area contributed by atoms with E-state index in [1.165, 1.54) is 35.5 Å². The van der Waals surface area contributed by atoms with Crippen LogP contribution in [0.4, 0.5) is 11.4 Å². The number of rotatable bonds is 2. The summed E-state index contributed by atoms with van der Waals surface area (Å²) in [6, 6.07) is 7.59. The van der Waals surface area contributed by atoms with E-state index < -0.39 is 0 Å². The van der Waals surface area contributed by atoms with Gasteiger partial charge in [-0.05, 0) is 36.5 Å². The van der Waals surface area contributed by atoms with Crippen LogP contribution in [0.15, 0.2) is 36.7 Å². The number of aromatic nitrogens is 2. The van der Waals surface area contributed by atoms with Gasteiger partial charge in [0.15, 0.2) is 0 Å². The fourth-order valence-electron chi connectivity index (χ4n) is 2.00. The first-order chi connectivity index (χ1) is 9.15. The van der Waals surface area contributed by atoms with E-state index in [1.54, 1.807) is 6.07 Å². The molecule has 0 saturated heterocycles. The minimum absolute atomic E-state index is 0.162. The van der Waals surface area contributed by atoms with E-state index in [0.717, 1.165) is 5.06 Å². The zero-order valence-electron chi connectivity index (χ0n) is 10.3. The van der Waals surface area contributed by atoms with Crippen molar-refractivity contribution in [2.75, 3.05) is 10.8 Å². The van der Waals surface area contributed by atoms with Crippen LogP contribution >= 0.6 is 0 Å². The molecule has 0 bridgehead atoms. The summed E-state index contributed by atoms with van der Waals surface area (Å²) in [4.78, 5) is 0. The second-order valence-electron chi connectivity index (χ2n) is 4.72. The summed E-state index contributed by atoms with van der Waals surface area (Å²) in [6.07, 6.45) is 5.31. The molecule has 4 N–H and O–H groups in total. The predicted octanol–water partition coefficient (Wildman–Crippen LogP) is 2.02. The zero-order chi connectivity index (χ0) is 13.4. The highest BCUT2D eigenvalue weighted by Gasteiger charge is 2.24. The standard InChI is InChI=1S/C13H15N5O/c14-11-7-16-17(8-11)13(15)18(19)12-3-1-2-10(6-12)9-4-5-9/h1-3,6-9,15,19H,4-5,14H2. The van der Waals surface area contributed by atoms with Crippen molar-refractivity contribution in [3.63, 3.8) is 0 Å². The van der Waals surface area contributed by atoms with E-state index >= 15 is 0 Å². The molecule has 0 radical (unpaired) electrons. The van der Waals surface area contributed by atoms with Gasteiger partial charge in [0.2, 0.25) is 5.96 Å². The van der Waals surface area contributed by atoms with Crippen LogP contribution in [0.5, 0.6) is 0 Å². The highest BCUT2D eigenvalue weighted by Crippen LogP contribution is 2.40. The Hall–Kier alpha value is -2.34. The third kappa shape index (κ3) is 2.30. The molecule has 2 aromatic rings. The normalized spacial score (nSPS) is 14.4. The quantitative estimate of drug-likeness (QED) is 0.436. The molecule has 3 rings (SSSR count). The number of nitrogen functional groups attached to an aromatic ring is 1. The van der Waals surface area contributed by atoms with Crippen LogP contribution in [0.3, 0.4) is 0 Å². The topological polar surface area (TPSA) is 91.2 Å². The molecular formula is C13H15N5O.